The van der Waals surface area contributed by atoms with Gasteiger partial charge in [0.25, 0.3) is 0 Å². The zero-order valence-electron chi connectivity index (χ0n) is 6.65. The zero-order valence-corrected chi connectivity index (χ0v) is 6.65. The molecule has 0 aliphatic carbocycles. The van der Waals surface area contributed by atoms with Crippen LogP contribution >= 0.6 is 0 Å². The summed E-state index contributed by atoms with van der Waals surface area (Å²) < 4.78 is 0. The summed E-state index contributed by atoms with van der Waals surface area (Å²) in [6, 6.07) is 0. The van der Waals surface area contributed by atoms with E-state index in [4.69, 9.17) is 12.2 Å². The highest BCUT2D eigenvalue weighted by molar-refractivity contribution is 5.40. The topological polar surface area (TPSA) is 38.0 Å². The van der Waals surface area contributed by atoms with Crippen LogP contribution in [0.3, 0.4) is 0 Å². The van der Waals surface area contributed by atoms with Gasteiger partial charge >= 0.3 is 0 Å². The Morgan fingerprint density at radius 3 is 2.45 bits per heavy atom. The van der Waals surface area contributed by atoms with E-state index in [1.807, 2.05) is 6.92 Å². The number of hydrogen-bond acceptors (Lipinski definition) is 2. The van der Waals surface area contributed by atoms with Crippen LogP contribution in [0.15, 0.2) is 36.3 Å². The van der Waals surface area contributed by atoms with Crippen molar-refractivity contribution in [2.75, 3.05) is 0 Å². The maximum absolute atomic E-state index is 5.36. The van der Waals surface area contributed by atoms with Crippen LogP contribution in [0.1, 0.15) is 6.92 Å². The van der Waals surface area contributed by atoms with E-state index in [1.165, 1.54) is 0 Å². The molecular formula is C9H12N2. The lowest BCUT2D eigenvalue weighted by Gasteiger charge is -2.00. The lowest BCUT2D eigenvalue weighted by atomic mass is 10.2. The van der Waals surface area contributed by atoms with E-state index in [9.17, 15) is 0 Å². The molecule has 2 heteroatoms. The number of nitrogens with two attached hydrogens (primary N) is 1. The maximum atomic E-state index is 5.36. The van der Waals surface area contributed by atoms with E-state index in [1.54, 1.807) is 6.20 Å². The van der Waals surface area contributed by atoms with Crippen molar-refractivity contribution in [2.24, 2.45) is 5.73 Å². The van der Waals surface area contributed by atoms with Gasteiger partial charge in [-0.1, -0.05) is 19.1 Å². The summed E-state index contributed by atoms with van der Waals surface area (Å²) in [5.41, 5.74) is 7.09. The van der Waals surface area contributed by atoms with Crippen LogP contribution in [0.2, 0.25) is 0 Å². The van der Waals surface area contributed by atoms with Gasteiger partial charge in [0.1, 0.15) is 0 Å². The van der Waals surface area contributed by atoms with E-state index < -0.39 is 0 Å². The quantitative estimate of drug-likeness (QED) is 0.464. The molecule has 0 saturated carbocycles. The van der Waals surface area contributed by atoms with Crippen molar-refractivity contribution in [3.05, 3.63) is 36.3 Å². The second-order valence-electron chi connectivity index (χ2n) is 2.15. The summed E-state index contributed by atoms with van der Waals surface area (Å²) in [6.07, 6.45) is 6.73. The first kappa shape index (κ1) is 9.38. The van der Waals surface area contributed by atoms with Crippen LogP contribution in [-0.2, 0) is 0 Å². The van der Waals surface area contributed by atoms with Gasteiger partial charge in [0.15, 0.2) is 0 Å². The maximum Gasteiger partial charge on any atom is 0.0625 e. The fraction of sp³-hybridized carbons (Fsp3) is 0.111. The van der Waals surface area contributed by atoms with Crippen molar-refractivity contribution in [2.45, 2.75) is 6.92 Å². The Morgan fingerprint density at radius 1 is 1.64 bits per heavy atom. The third-order valence-corrected chi connectivity index (χ3v) is 0.964. The number of rotatable bonds is 3. The van der Waals surface area contributed by atoms with Crippen molar-refractivity contribution in [1.82, 2.24) is 5.32 Å². The molecule has 0 aliphatic rings. The molecule has 11 heavy (non-hydrogen) atoms. The minimum atomic E-state index is 0.376. The fourth-order valence-electron chi connectivity index (χ4n) is 0.422. The first-order valence-corrected chi connectivity index (χ1v) is 3.11. The summed E-state index contributed by atoms with van der Waals surface area (Å²) in [5.74, 6) is 2.39. The number of allylic oxidation sites excluding steroid dienone is 2. The average Bonchev–Trinajstić information content (AvgIpc) is 1.87. The molecule has 0 rings (SSSR count). The van der Waals surface area contributed by atoms with Crippen molar-refractivity contribution in [1.29, 1.82) is 0 Å². The van der Waals surface area contributed by atoms with E-state index in [0.717, 1.165) is 5.70 Å². The standard InChI is InChI=1S/C9H12N2/c1-5-9(8(4)10)6-11-7(2)3/h1,6,11H,2,4,10H2,3H3/b9-6-. The summed E-state index contributed by atoms with van der Waals surface area (Å²) in [7, 11) is 0. The van der Waals surface area contributed by atoms with E-state index in [-0.39, 0.29) is 0 Å². The molecule has 0 bridgehead atoms. The van der Waals surface area contributed by atoms with Gasteiger partial charge in [0, 0.05) is 17.6 Å². The van der Waals surface area contributed by atoms with Gasteiger partial charge in [0.05, 0.1) is 5.57 Å². The fourth-order valence-corrected chi connectivity index (χ4v) is 0.422. The second kappa shape index (κ2) is 4.24. The normalized spacial score (nSPS) is 10.0. The molecule has 0 fully saturated rings. The highest BCUT2D eigenvalue weighted by Crippen LogP contribution is 1.97. The lowest BCUT2D eigenvalue weighted by molar-refractivity contribution is 1.06. The third-order valence-electron chi connectivity index (χ3n) is 0.964. The summed E-state index contributed by atoms with van der Waals surface area (Å²) >= 11 is 0. The van der Waals surface area contributed by atoms with Crippen LogP contribution in [0, 0.1) is 12.3 Å². The van der Waals surface area contributed by atoms with Crippen LogP contribution in [0.5, 0.6) is 0 Å². The molecular weight excluding hydrogens is 136 g/mol. The SMILES string of the molecule is C#C/C(=C/NC(=C)C)C(=C)N. The third kappa shape index (κ3) is 3.88. The molecule has 2 nitrogen and oxygen atoms in total. The van der Waals surface area contributed by atoms with Crippen LogP contribution in [-0.4, -0.2) is 0 Å². The summed E-state index contributed by atoms with van der Waals surface area (Å²) in [4.78, 5) is 0. The first-order valence-electron chi connectivity index (χ1n) is 3.11. The van der Waals surface area contributed by atoms with Crippen LogP contribution in [0.4, 0.5) is 0 Å². The van der Waals surface area contributed by atoms with Crippen molar-refractivity contribution in [3.8, 4) is 12.3 Å². The Labute approximate surface area is 67.5 Å². The van der Waals surface area contributed by atoms with Crippen molar-refractivity contribution < 1.29 is 0 Å². The van der Waals surface area contributed by atoms with E-state index >= 15 is 0 Å². The molecule has 0 heterocycles. The molecule has 0 amide bonds. The van der Waals surface area contributed by atoms with Crippen LogP contribution < -0.4 is 11.1 Å². The highest BCUT2D eigenvalue weighted by Gasteiger charge is 1.91. The molecule has 0 atom stereocenters. The predicted octanol–water partition coefficient (Wildman–Crippen LogP) is 1.10. The predicted molar refractivity (Wildman–Crippen MR) is 48.2 cm³/mol. The zero-order chi connectivity index (χ0) is 8.85. The smallest absolute Gasteiger partial charge is 0.0625 e. The first-order chi connectivity index (χ1) is 5.07. The Balaban J connectivity index is 4.28. The molecule has 0 aromatic heterocycles. The van der Waals surface area contributed by atoms with Gasteiger partial charge in [-0.3, -0.25) is 0 Å². The second-order valence-corrected chi connectivity index (χ2v) is 2.15. The monoisotopic (exact) mass is 148 g/mol. The highest BCUT2D eigenvalue weighted by atomic mass is 14.8. The molecule has 0 saturated heterocycles. The van der Waals surface area contributed by atoms with Crippen molar-refractivity contribution >= 4 is 0 Å². The molecule has 0 spiro atoms. The van der Waals surface area contributed by atoms with E-state index in [0.29, 0.717) is 11.3 Å². The number of nitrogens with one attached hydrogen (secondary N) is 1. The minimum absolute atomic E-state index is 0.376. The van der Waals surface area contributed by atoms with Crippen LogP contribution in [0.25, 0.3) is 0 Å². The molecule has 3 N–H and O–H groups in total. The van der Waals surface area contributed by atoms with Gasteiger partial charge in [0.2, 0.25) is 0 Å². The summed E-state index contributed by atoms with van der Waals surface area (Å²) in [5, 5.41) is 2.84. The van der Waals surface area contributed by atoms with Gasteiger partial charge in [-0.2, -0.15) is 0 Å². The van der Waals surface area contributed by atoms with Gasteiger partial charge < -0.3 is 11.1 Å². The Bertz CT molecular complexity index is 241. The van der Waals surface area contributed by atoms with E-state index in [2.05, 4.69) is 24.4 Å². The molecule has 0 aromatic carbocycles. The minimum Gasteiger partial charge on any atom is -0.398 e. The number of terminal acetylenes is 1. The van der Waals surface area contributed by atoms with Gasteiger partial charge in [-0.15, -0.1) is 6.42 Å². The molecule has 0 aliphatic heterocycles. The Morgan fingerprint density at radius 2 is 2.18 bits per heavy atom. The van der Waals surface area contributed by atoms with Crippen molar-refractivity contribution in [3.63, 3.8) is 0 Å². The lowest BCUT2D eigenvalue weighted by Crippen LogP contribution is -2.05. The summed E-state index contributed by atoms with van der Waals surface area (Å²) in [6.45, 7) is 8.95. The molecule has 0 unspecified atom stereocenters. The largest absolute Gasteiger partial charge is 0.398 e. The van der Waals surface area contributed by atoms with Gasteiger partial charge in [-0.05, 0) is 6.92 Å². The Kier molecular flexibility index (Phi) is 3.61. The van der Waals surface area contributed by atoms with Gasteiger partial charge in [-0.25, -0.2) is 0 Å². The molecule has 0 aromatic rings. The molecule has 58 valence electrons. The molecule has 0 radical (unpaired) electrons. The number of hydrogen-bond donors (Lipinski definition) is 2. The average molecular weight is 148 g/mol. The Hall–Kier alpha value is -1.62.